The summed E-state index contributed by atoms with van der Waals surface area (Å²) in [5, 5.41) is 0. The third-order valence-corrected chi connectivity index (χ3v) is 4.55. The van der Waals surface area contributed by atoms with E-state index in [1.807, 2.05) is 0 Å². The monoisotopic (exact) mass is 144 g/mol. The van der Waals surface area contributed by atoms with E-state index in [9.17, 15) is 0 Å². The SMILES string of the molecule is C1=CC2C(C1)C21C2C=CCC21. The van der Waals surface area contributed by atoms with Crippen molar-refractivity contribution in [2.75, 3.05) is 0 Å². The Morgan fingerprint density at radius 3 is 1.82 bits per heavy atom. The summed E-state index contributed by atoms with van der Waals surface area (Å²) >= 11 is 0. The summed E-state index contributed by atoms with van der Waals surface area (Å²) < 4.78 is 0. The Bertz CT molecular complexity index is 254. The van der Waals surface area contributed by atoms with Gasteiger partial charge in [-0.1, -0.05) is 24.3 Å². The molecule has 4 atom stereocenters. The zero-order chi connectivity index (χ0) is 7.05. The van der Waals surface area contributed by atoms with Gasteiger partial charge in [0.25, 0.3) is 0 Å². The summed E-state index contributed by atoms with van der Waals surface area (Å²) in [6, 6.07) is 0. The first-order valence-electron chi connectivity index (χ1n) is 4.79. The number of hydrogen-bond acceptors (Lipinski definition) is 0. The normalized spacial score (nSPS) is 66.9. The van der Waals surface area contributed by atoms with Gasteiger partial charge in [-0.15, -0.1) is 0 Å². The maximum Gasteiger partial charge on any atom is -0.00918 e. The van der Waals surface area contributed by atoms with Crippen LogP contribution in [0, 0.1) is 29.1 Å². The first-order chi connectivity index (χ1) is 5.45. The molecule has 4 aliphatic rings. The Labute approximate surface area is 67.0 Å². The van der Waals surface area contributed by atoms with Gasteiger partial charge in [0, 0.05) is 0 Å². The summed E-state index contributed by atoms with van der Waals surface area (Å²) in [7, 11) is 0. The average molecular weight is 144 g/mol. The van der Waals surface area contributed by atoms with Crippen LogP contribution < -0.4 is 0 Å². The van der Waals surface area contributed by atoms with E-state index < -0.39 is 0 Å². The third-order valence-electron chi connectivity index (χ3n) is 4.55. The smallest absolute Gasteiger partial charge is 0.00918 e. The minimum absolute atomic E-state index is 0.851. The largest absolute Gasteiger partial charge is 0.0879 e. The molecule has 0 bridgehead atoms. The Kier molecular flexibility index (Phi) is 0.583. The Hall–Kier alpha value is -0.520. The van der Waals surface area contributed by atoms with E-state index in [0.29, 0.717) is 0 Å². The molecule has 56 valence electrons. The quantitative estimate of drug-likeness (QED) is 0.458. The lowest BCUT2D eigenvalue weighted by Gasteiger charge is -1.96. The van der Waals surface area contributed by atoms with E-state index in [-0.39, 0.29) is 0 Å². The van der Waals surface area contributed by atoms with Crippen molar-refractivity contribution < 1.29 is 0 Å². The molecule has 0 nitrogen and oxygen atoms in total. The van der Waals surface area contributed by atoms with Gasteiger partial charge in [-0.05, 0) is 41.9 Å². The van der Waals surface area contributed by atoms with Crippen LogP contribution in [0.1, 0.15) is 12.8 Å². The number of fused-ring (bicyclic) bond motifs is 6. The lowest BCUT2D eigenvalue weighted by Crippen LogP contribution is -1.89. The molecule has 4 aliphatic carbocycles. The molecule has 0 aromatic carbocycles. The molecule has 4 unspecified atom stereocenters. The van der Waals surface area contributed by atoms with E-state index in [2.05, 4.69) is 24.3 Å². The predicted molar refractivity (Wildman–Crippen MR) is 43.9 cm³/mol. The predicted octanol–water partition coefficient (Wildman–Crippen LogP) is 2.38. The number of allylic oxidation sites excluding steroid dienone is 4. The van der Waals surface area contributed by atoms with Gasteiger partial charge in [-0.3, -0.25) is 0 Å². The highest BCUT2D eigenvalue weighted by molar-refractivity contribution is 5.42. The van der Waals surface area contributed by atoms with Crippen LogP contribution >= 0.6 is 0 Å². The second-order valence-electron chi connectivity index (χ2n) is 4.59. The van der Waals surface area contributed by atoms with Crippen molar-refractivity contribution in [1.82, 2.24) is 0 Å². The van der Waals surface area contributed by atoms with Crippen LogP contribution in [0.15, 0.2) is 24.3 Å². The molecular weight excluding hydrogens is 132 g/mol. The molecule has 4 rings (SSSR count). The van der Waals surface area contributed by atoms with Crippen LogP contribution in [0.3, 0.4) is 0 Å². The summed E-state index contributed by atoms with van der Waals surface area (Å²) in [6.07, 6.45) is 12.5. The lowest BCUT2D eigenvalue weighted by molar-refractivity contribution is 0.612. The molecule has 0 heterocycles. The van der Waals surface area contributed by atoms with Gasteiger partial charge in [0.1, 0.15) is 0 Å². The number of hydrogen-bond donors (Lipinski definition) is 0. The molecule has 0 aromatic rings. The summed E-state index contributed by atoms with van der Waals surface area (Å²) in [6.45, 7) is 0. The van der Waals surface area contributed by atoms with Gasteiger partial charge in [-0.2, -0.15) is 0 Å². The maximum atomic E-state index is 2.48. The zero-order valence-corrected chi connectivity index (χ0v) is 6.53. The first kappa shape index (κ1) is 5.18. The van der Waals surface area contributed by atoms with Crippen LogP contribution in [-0.2, 0) is 0 Å². The van der Waals surface area contributed by atoms with E-state index in [4.69, 9.17) is 0 Å². The van der Waals surface area contributed by atoms with Crippen molar-refractivity contribution in [3.63, 3.8) is 0 Å². The van der Waals surface area contributed by atoms with Crippen LogP contribution in [0.4, 0.5) is 0 Å². The molecular formula is C11H12. The fourth-order valence-electron chi connectivity index (χ4n) is 4.11. The van der Waals surface area contributed by atoms with Gasteiger partial charge in [0.15, 0.2) is 0 Å². The summed E-state index contributed by atoms with van der Waals surface area (Å²) in [4.78, 5) is 0. The highest BCUT2D eigenvalue weighted by atomic mass is 14.9. The highest BCUT2D eigenvalue weighted by Gasteiger charge is 2.82. The Balaban J connectivity index is 1.78. The molecule has 2 saturated carbocycles. The van der Waals surface area contributed by atoms with Gasteiger partial charge in [-0.25, -0.2) is 0 Å². The van der Waals surface area contributed by atoms with Crippen LogP contribution in [0.25, 0.3) is 0 Å². The van der Waals surface area contributed by atoms with Crippen molar-refractivity contribution in [1.29, 1.82) is 0 Å². The van der Waals surface area contributed by atoms with Crippen molar-refractivity contribution in [3.05, 3.63) is 24.3 Å². The summed E-state index contributed by atoms with van der Waals surface area (Å²) in [5.74, 6) is 4.20. The maximum absolute atomic E-state index is 2.48. The molecule has 0 radical (unpaired) electrons. The Morgan fingerprint density at radius 2 is 1.45 bits per heavy atom. The van der Waals surface area contributed by atoms with Crippen LogP contribution in [0.5, 0.6) is 0 Å². The highest BCUT2D eigenvalue weighted by Crippen LogP contribution is 2.86. The minimum atomic E-state index is 0.851. The van der Waals surface area contributed by atoms with Crippen molar-refractivity contribution in [2.24, 2.45) is 29.1 Å². The topological polar surface area (TPSA) is 0 Å². The molecule has 0 saturated heterocycles. The fraction of sp³-hybridized carbons (Fsp3) is 0.636. The molecule has 0 amide bonds. The summed E-state index contributed by atoms with van der Waals surface area (Å²) in [5.41, 5.74) is 0.851. The van der Waals surface area contributed by atoms with Crippen molar-refractivity contribution in [3.8, 4) is 0 Å². The molecule has 11 heavy (non-hydrogen) atoms. The molecule has 0 aliphatic heterocycles. The molecule has 0 heteroatoms. The lowest BCUT2D eigenvalue weighted by atomic mass is 10.1. The number of rotatable bonds is 0. The standard InChI is InChI=1S/C11H12/c1-3-7-8(4-1)11(7)9-5-2-6-10(9)11/h1-3,5,7-10H,4,6H2. The van der Waals surface area contributed by atoms with Crippen LogP contribution in [0.2, 0.25) is 0 Å². The second-order valence-corrected chi connectivity index (χ2v) is 4.59. The molecule has 2 fully saturated rings. The fourth-order valence-corrected chi connectivity index (χ4v) is 4.11. The minimum Gasteiger partial charge on any atom is -0.0879 e. The third kappa shape index (κ3) is 0.340. The van der Waals surface area contributed by atoms with E-state index >= 15 is 0 Å². The van der Waals surface area contributed by atoms with E-state index in [0.717, 1.165) is 29.1 Å². The average Bonchev–Trinajstić information content (AvgIpc) is 2.68. The van der Waals surface area contributed by atoms with Gasteiger partial charge in [0.05, 0.1) is 0 Å². The van der Waals surface area contributed by atoms with Crippen molar-refractivity contribution >= 4 is 0 Å². The van der Waals surface area contributed by atoms with Gasteiger partial charge in [0.2, 0.25) is 0 Å². The van der Waals surface area contributed by atoms with Crippen LogP contribution in [-0.4, -0.2) is 0 Å². The van der Waals surface area contributed by atoms with E-state index in [1.54, 1.807) is 0 Å². The van der Waals surface area contributed by atoms with E-state index in [1.165, 1.54) is 12.8 Å². The molecule has 1 spiro atoms. The zero-order valence-electron chi connectivity index (χ0n) is 6.53. The second kappa shape index (κ2) is 1.24. The Morgan fingerprint density at radius 1 is 0.909 bits per heavy atom. The van der Waals surface area contributed by atoms with Gasteiger partial charge >= 0.3 is 0 Å². The van der Waals surface area contributed by atoms with Crippen molar-refractivity contribution in [2.45, 2.75) is 12.8 Å². The van der Waals surface area contributed by atoms with Gasteiger partial charge < -0.3 is 0 Å². The molecule has 0 aromatic heterocycles. The first-order valence-corrected chi connectivity index (χ1v) is 4.79. The molecule has 0 N–H and O–H groups in total.